The Morgan fingerprint density at radius 2 is 1.75 bits per heavy atom. The van der Waals surface area contributed by atoms with Gasteiger partial charge in [-0.25, -0.2) is 0 Å². The second-order valence-electron chi connectivity index (χ2n) is 5.52. The lowest BCUT2D eigenvalue weighted by molar-refractivity contribution is 0.363. The van der Waals surface area contributed by atoms with E-state index in [1.165, 1.54) is 31.2 Å². The van der Waals surface area contributed by atoms with E-state index in [1.807, 2.05) is 12.1 Å². The smallest absolute Gasteiger partial charge is 0.0595 e. The van der Waals surface area contributed by atoms with Gasteiger partial charge in [-0.05, 0) is 49.4 Å². The zero-order chi connectivity index (χ0) is 15.0. The van der Waals surface area contributed by atoms with Gasteiger partial charge in [0.2, 0.25) is 0 Å². The van der Waals surface area contributed by atoms with Crippen molar-refractivity contribution in [2.75, 3.05) is 6.54 Å². The average Bonchev–Trinajstić information content (AvgIpc) is 2.45. The van der Waals surface area contributed by atoms with Crippen molar-refractivity contribution in [3.63, 3.8) is 0 Å². The highest BCUT2D eigenvalue weighted by molar-refractivity contribution is 6.42. The number of hydrogen-bond donors (Lipinski definition) is 1. The predicted molar refractivity (Wildman–Crippen MR) is 90.9 cm³/mol. The quantitative estimate of drug-likeness (QED) is 0.613. The van der Waals surface area contributed by atoms with Crippen molar-refractivity contribution in [1.82, 2.24) is 5.32 Å². The van der Waals surface area contributed by atoms with Gasteiger partial charge in [-0.2, -0.15) is 0 Å². The number of halogens is 2. The van der Waals surface area contributed by atoms with E-state index in [1.54, 1.807) is 0 Å². The van der Waals surface area contributed by atoms with Crippen LogP contribution < -0.4 is 5.32 Å². The van der Waals surface area contributed by atoms with Crippen molar-refractivity contribution < 1.29 is 0 Å². The number of nitrogens with one attached hydrogen (secondary N) is 1. The van der Waals surface area contributed by atoms with Crippen molar-refractivity contribution in [2.45, 2.75) is 58.9 Å². The molecule has 0 spiro atoms. The van der Waals surface area contributed by atoms with Gasteiger partial charge < -0.3 is 5.32 Å². The van der Waals surface area contributed by atoms with E-state index in [0.29, 0.717) is 16.1 Å². The third-order valence-corrected chi connectivity index (χ3v) is 4.66. The highest BCUT2D eigenvalue weighted by atomic mass is 35.5. The van der Waals surface area contributed by atoms with Crippen LogP contribution in [0.25, 0.3) is 0 Å². The molecule has 1 rings (SSSR count). The Hall–Kier alpha value is -0.240. The van der Waals surface area contributed by atoms with E-state index in [0.717, 1.165) is 18.9 Å². The number of hydrogen-bond acceptors (Lipinski definition) is 1. The van der Waals surface area contributed by atoms with Gasteiger partial charge in [0, 0.05) is 6.04 Å². The molecule has 0 radical (unpaired) electrons. The molecule has 1 aromatic carbocycles. The fraction of sp³-hybridized carbons (Fsp3) is 0.647. The Morgan fingerprint density at radius 1 is 1.05 bits per heavy atom. The van der Waals surface area contributed by atoms with E-state index < -0.39 is 0 Å². The Bertz CT molecular complexity index is 389. The largest absolute Gasteiger partial charge is 0.314 e. The summed E-state index contributed by atoms with van der Waals surface area (Å²) in [7, 11) is 0. The average molecular weight is 316 g/mol. The molecule has 0 aliphatic rings. The Kier molecular flexibility index (Phi) is 8.60. The van der Waals surface area contributed by atoms with Gasteiger partial charge in [0.1, 0.15) is 0 Å². The zero-order valence-electron chi connectivity index (χ0n) is 12.9. The van der Waals surface area contributed by atoms with Crippen LogP contribution in [-0.2, 0) is 6.42 Å². The molecule has 1 nitrogen and oxygen atoms in total. The molecule has 1 N–H and O–H groups in total. The van der Waals surface area contributed by atoms with Crippen molar-refractivity contribution in [3.8, 4) is 0 Å². The topological polar surface area (TPSA) is 12.0 Å². The molecule has 114 valence electrons. The van der Waals surface area contributed by atoms with Crippen LogP contribution in [0.5, 0.6) is 0 Å². The molecular formula is C17H27Cl2N. The zero-order valence-corrected chi connectivity index (χ0v) is 14.4. The standard InChI is InChI=1S/C17H27Cl2N/c1-4-9-20-15(10-13(5-2)6-3)11-14-7-8-16(18)17(19)12-14/h7-8,12-13,15,20H,4-6,9-11H2,1-3H3. The third-order valence-electron chi connectivity index (χ3n) is 3.92. The molecule has 0 aromatic heterocycles. The highest BCUT2D eigenvalue weighted by Crippen LogP contribution is 2.24. The van der Waals surface area contributed by atoms with E-state index in [9.17, 15) is 0 Å². The van der Waals surface area contributed by atoms with Crippen molar-refractivity contribution in [2.24, 2.45) is 5.92 Å². The van der Waals surface area contributed by atoms with Crippen LogP contribution in [-0.4, -0.2) is 12.6 Å². The van der Waals surface area contributed by atoms with Crippen molar-refractivity contribution >= 4 is 23.2 Å². The first-order chi connectivity index (χ1) is 9.60. The summed E-state index contributed by atoms with van der Waals surface area (Å²) in [5.41, 5.74) is 1.26. The summed E-state index contributed by atoms with van der Waals surface area (Å²) in [4.78, 5) is 0. The fourth-order valence-corrected chi connectivity index (χ4v) is 2.88. The first kappa shape index (κ1) is 17.8. The minimum atomic E-state index is 0.525. The second-order valence-corrected chi connectivity index (χ2v) is 6.34. The number of benzene rings is 1. The first-order valence-corrected chi connectivity index (χ1v) is 8.53. The summed E-state index contributed by atoms with van der Waals surface area (Å²) in [6.45, 7) is 7.85. The maximum absolute atomic E-state index is 6.11. The van der Waals surface area contributed by atoms with Crippen LogP contribution >= 0.6 is 23.2 Å². The van der Waals surface area contributed by atoms with Crippen molar-refractivity contribution in [3.05, 3.63) is 33.8 Å². The first-order valence-electron chi connectivity index (χ1n) is 7.77. The van der Waals surface area contributed by atoms with E-state index in [-0.39, 0.29) is 0 Å². The molecule has 1 atom stereocenters. The van der Waals surface area contributed by atoms with Gasteiger partial charge >= 0.3 is 0 Å². The molecule has 0 bridgehead atoms. The highest BCUT2D eigenvalue weighted by Gasteiger charge is 2.14. The van der Waals surface area contributed by atoms with Crippen LogP contribution in [0.3, 0.4) is 0 Å². The summed E-state index contributed by atoms with van der Waals surface area (Å²) in [5.74, 6) is 0.798. The molecule has 0 saturated carbocycles. The maximum atomic E-state index is 6.11. The molecule has 0 aliphatic carbocycles. The van der Waals surface area contributed by atoms with Crippen molar-refractivity contribution in [1.29, 1.82) is 0 Å². The van der Waals surface area contributed by atoms with Crippen LogP contribution in [0.2, 0.25) is 10.0 Å². The molecule has 20 heavy (non-hydrogen) atoms. The molecule has 0 fully saturated rings. The van der Waals surface area contributed by atoms with Gasteiger partial charge in [0.25, 0.3) is 0 Å². The molecule has 0 aliphatic heterocycles. The summed E-state index contributed by atoms with van der Waals surface area (Å²) in [6, 6.07) is 6.50. The summed E-state index contributed by atoms with van der Waals surface area (Å²) < 4.78 is 0. The molecule has 0 heterocycles. The number of rotatable bonds is 9. The van der Waals surface area contributed by atoms with Gasteiger partial charge in [0.15, 0.2) is 0 Å². The minimum absolute atomic E-state index is 0.525. The lowest BCUT2D eigenvalue weighted by Crippen LogP contribution is -2.33. The van der Waals surface area contributed by atoms with Gasteiger partial charge in [-0.1, -0.05) is 62.9 Å². The Balaban J connectivity index is 2.69. The Morgan fingerprint density at radius 3 is 2.30 bits per heavy atom. The summed E-state index contributed by atoms with van der Waals surface area (Å²) >= 11 is 12.1. The van der Waals surface area contributed by atoms with E-state index in [2.05, 4.69) is 32.2 Å². The van der Waals surface area contributed by atoms with Gasteiger partial charge in [0.05, 0.1) is 10.0 Å². The molecule has 1 aromatic rings. The fourth-order valence-electron chi connectivity index (χ4n) is 2.56. The minimum Gasteiger partial charge on any atom is -0.314 e. The molecule has 0 saturated heterocycles. The third kappa shape index (κ3) is 6.03. The van der Waals surface area contributed by atoms with Crippen LogP contribution in [0.1, 0.15) is 52.0 Å². The lowest BCUT2D eigenvalue weighted by Gasteiger charge is -2.23. The van der Waals surface area contributed by atoms with Crippen LogP contribution in [0.15, 0.2) is 18.2 Å². The monoisotopic (exact) mass is 315 g/mol. The van der Waals surface area contributed by atoms with E-state index in [4.69, 9.17) is 23.2 Å². The summed E-state index contributed by atoms with van der Waals surface area (Å²) in [5, 5.41) is 4.96. The van der Waals surface area contributed by atoms with Crippen LogP contribution in [0, 0.1) is 5.92 Å². The predicted octanol–water partition coefficient (Wildman–Crippen LogP) is 5.73. The SMILES string of the molecule is CCCNC(Cc1ccc(Cl)c(Cl)c1)CC(CC)CC. The normalized spacial score (nSPS) is 12.9. The second kappa shape index (κ2) is 9.65. The maximum Gasteiger partial charge on any atom is 0.0595 e. The molecule has 3 heteroatoms. The molecular weight excluding hydrogens is 289 g/mol. The molecule has 0 amide bonds. The van der Waals surface area contributed by atoms with Gasteiger partial charge in [-0.3, -0.25) is 0 Å². The van der Waals surface area contributed by atoms with E-state index >= 15 is 0 Å². The molecule has 1 unspecified atom stereocenters. The van der Waals surface area contributed by atoms with Crippen LogP contribution in [0.4, 0.5) is 0 Å². The Labute approximate surface area is 134 Å². The lowest BCUT2D eigenvalue weighted by atomic mass is 9.91. The van der Waals surface area contributed by atoms with Gasteiger partial charge in [-0.15, -0.1) is 0 Å². The summed E-state index contributed by atoms with van der Waals surface area (Å²) in [6.07, 6.45) is 5.92.